The molecule has 3 N–H and O–H groups in total. The number of thiol groups is 1. The molecule has 0 saturated carbocycles. The normalized spacial score (nSPS) is 19.9. The first-order chi connectivity index (χ1) is 7.11. The summed E-state index contributed by atoms with van der Waals surface area (Å²) in [5.74, 6) is -1.10. The van der Waals surface area contributed by atoms with Crippen molar-refractivity contribution in [2.45, 2.75) is 4.90 Å². The molecule has 0 bridgehead atoms. The van der Waals surface area contributed by atoms with Gasteiger partial charge >= 0.3 is 5.97 Å². The van der Waals surface area contributed by atoms with E-state index in [-0.39, 0.29) is 5.56 Å². The van der Waals surface area contributed by atoms with Gasteiger partial charge in [-0.3, -0.25) is 4.79 Å². The number of carboxylic acid groups (broad SMARTS) is 1. The first-order valence-corrected chi connectivity index (χ1v) is 5.28. The number of amides is 1. The second kappa shape index (κ2) is 3.35. The number of benzene rings is 1. The van der Waals surface area contributed by atoms with Crippen LogP contribution in [-0.4, -0.2) is 16.3 Å². The Morgan fingerprint density at radius 1 is 1.40 bits per heavy atom. The number of nitrogens with zero attached hydrogens (tertiary/aromatic N) is 2. The molecule has 1 aromatic carbocycles. The van der Waals surface area contributed by atoms with Crippen molar-refractivity contribution in [3.8, 4) is 0 Å². The van der Waals surface area contributed by atoms with Crippen molar-refractivity contribution in [3.05, 3.63) is 23.8 Å². The van der Waals surface area contributed by atoms with Crippen LogP contribution in [0.15, 0.2) is 32.7 Å². The molecule has 15 heavy (non-hydrogen) atoms. The van der Waals surface area contributed by atoms with E-state index < -0.39 is 22.3 Å². The molecular weight excluding hydrogens is 218 g/mol. The van der Waals surface area contributed by atoms with Crippen LogP contribution in [0.5, 0.6) is 0 Å². The van der Waals surface area contributed by atoms with E-state index in [1.165, 1.54) is 6.07 Å². The van der Waals surface area contributed by atoms with Crippen LogP contribution >= 0.6 is 11.1 Å². The summed E-state index contributed by atoms with van der Waals surface area (Å²) in [5, 5.41) is 12.0. The summed E-state index contributed by atoms with van der Waals surface area (Å²) < 4.78 is 3.70. The van der Waals surface area contributed by atoms with Crippen molar-refractivity contribution in [2.75, 3.05) is 0 Å². The molecule has 0 radical (unpaired) electrons. The van der Waals surface area contributed by atoms with Crippen molar-refractivity contribution >= 4 is 28.0 Å². The molecule has 0 aliphatic carbocycles. The first-order valence-electron chi connectivity index (χ1n) is 3.99. The molecule has 2 rings (SSSR count). The zero-order valence-electron chi connectivity index (χ0n) is 7.41. The SMILES string of the molecule is NC(=O)[SH]1N=Nc2cccc(C(=O)O)c21. The van der Waals surface area contributed by atoms with Crippen LogP contribution < -0.4 is 5.73 Å². The van der Waals surface area contributed by atoms with E-state index in [0.717, 1.165) is 0 Å². The van der Waals surface area contributed by atoms with E-state index >= 15 is 0 Å². The van der Waals surface area contributed by atoms with Gasteiger partial charge in [0.1, 0.15) is 5.69 Å². The van der Waals surface area contributed by atoms with Gasteiger partial charge in [-0.1, -0.05) is 6.07 Å². The topological polar surface area (TPSA) is 105 Å². The Hall–Kier alpha value is -1.89. The van der Waals surface area contributed by atoms with E-state index in [4.69, 9.17) is 10.8 Å². The third-order valence-electron chi connectivity index (χ3n) is 1.91. The Morgan fingerprint density at radius 3 is 2.73 bits per heavy atom. The monoisotopic (exact) mass is 225 g/mol. The Labute approximate surface area is 87.3 Å². The lowest BCUT2D eigenvalue weighted by Gasteiger charge is -2.09. The molecule has 0 spiro atoms. The molecule has 78 valence electrons. The molecule has 1 unspecified atom stereocenters. The maximum atomic E-state index is 11.0. The summed E-state index contributed by atoms with van der Waals surface area (Å²) in [7, 11) is 0. The minimum Gasteiger partial charge on any atom is -0.478 e. The standard InChI is InChI=1S/C8H7N3O3S/c9-8(14)15-6-4(7(12)13)2-1-3-5(6)10-11-15/h1-3,15H,(H2,9,14)(H,12,13). The van der Waals surface area contributed by atoms with Gasteiger partial charge in [-0.25, -0.2) is 4.79 Å². The van der Waals surface area contributed by atoms with Gasteiger partial charge in [0.25, 0.3) is 5.24 Å². The number of rotatable bonds is 1. The number of primary amides is 1. The van der Waals surface area contributed by atoms with Crippen LogP contribution in [-0.2, 0) is 0 Å². The number of hydrogen-bond acceptors (Lipinski definition) is 4. The summed E-state index contributed by atoms with van der Waals surface area (Å²) in [6.45, 7) is 0. The molecule has 1 aliphatic heterocycles. The van der Waals surface area contributed by atoms with E-state index in [9.17, 15) is 9.59 Å². The van der Waals surface area contributed by atoms with Gasteiger partial charge in [-0.15, -0.1) is 9.63 Å². The highest BCUT2D eigenvalue weighted by Gasteiger charge is 2.27. The second-order valence-corrected chi connectivity index (χ2v) is 4.51. The number of hydrogen-bond donors (Lipinski definition) is 3. The summed E-state index contributed by atoms with van der Waals surface area (Å²) >= 11 is -1.66. The predicted molar refractivity (Wildman–Crippen MR) is 54.8 cm³/mol. The molecule has 0 saturated heterocycles. The lowest BCUT2D eigenvalue weighted by atomic mass is 10.2. The highest BCUT2D eigenvalue weighted by molar-refractivity contribution is 8.28. The average molecular weight is 225 g/mol. The van der Waals surface area contributed by atoms with E-state index in [0.29, 0.717) is 10.6 Å². The summed E-state index contributed by atoms with van der Waals surface area (Å²) in [6, 6.07) is 4.58. The maximum absolute atomic E-state index is 11.0. The molecule has 1 atom stereocenters. The zero-order chi connectivity index (χ0) is 11.0. The minimum atomic E-state index is -1.66. The van der Waals surface area contributed by atoms with E-state index in [2.05, 4.69) is 9.63 Å². The fourth-order valence-corrected chi connectivity index (χ4v) is 2.62. The number of carbonyl (C=O) groups is 2. The van der Waals surface area contributed by atoms with Gasteiger partial charge < -0.3 is 10.8 Å². The molecule has 1 aromatic rings. The van der Waals surface area contributed by atoms with E-state index in [1.54, 1.807) is 12.1 Å². The fraction of sp³-hybridized carbons (Fsp3) is 0. The van der Waals surface area contributed by atoms with Crippen LogP contribution in [0.3, 0.4) is 0 Å². The van der Waals surface area contributed by atoms with Gasteiger partial charge in [0.05, 0.1) is 10.5 Å². The van der Waals surface area contributed by atoms with Crippen molar-refractivity contribution < 1.29 is 14.7 Å². The Kier molecular flexibility index (Phi) is 2.16. The third kappa shape index (κ3) is 1.46. The lowest BCUT2D eigenvalue weighted by Crippen LogP contribution is -2.09. The number of carboxylic acids is 1. The van der Waals surface area contributed by atoms with Crippen molar-refractivity contribution in [2.24, 2.45) is 15.4 Å². The van der Waals surface area contributed by atoms with Crippen LogP contribution in [0.25, 0.3) is 0 Å². The van der Waals surface area contributed by atoms with Gasteiger partial charge in [-0.2, -0.15) is 0 Å². The smallest absolute Gasteiger partial charge is 0.336 e. The van der Waals surface area contributed by atoms with Crippen LogP contribution in [0.1, 0.15) is 10.4 Å². The maximum Gasteiger partial charge on any atom is 0.336 e. The number of aromatic carboxylic acids is 1. The first kappa shape index (κ1) is 9.66. The largest absolute Gasteiger partial charge is 0.478 e. The summed E-state index contributed by atoms with van der Waals surface area (Å²) in [6.07, 6.45) is 0. The highest BCUT2D eigenvalue weighted by atomic mass is 32.2. The fourth-order valence-electron chi connectivity index (χ4n) is 1.30. The Bertz CT molecular complexity index is 486. The number of carbonyl (C=O) groups excluding carboxylic acids is 1. The quantitative estimate of drug-likeness (QED) is 0.635. The second-order valence-electron chi connectivity index (χ2n) is 2.82. The van der Waals surface area contributed by atoms with E-state index in [1.807, 2.05) is 0 Å². The summed E-state index contributed by atoms with van der Waals surface area (Å²) in [5.41, 5.74) is 5.59. The molecule has 6 nitrogen and oxygen atoms in total. The predicted octanol–water partition coefficient (Wildman–Crippen LogP) is 1.84. The summed E-state index contributed by atoms with van der Waals surface area (Å²) in [4.78, 5) is 22.3. The molecule has 1 aliphatic rings. The molecule has 1 heterocycles. The lowest BCUT2D eigenvalue weighted by molar-refractivity contribution is 0.0693. The van der Waals surface area contributed by atoms with Crippen LogP contribution in [0.4, 0.5) is 10.5 Å². The van der Waals surface area contributed by atoms with Crippen molar-refractivity contribution in [3.63, 3.8) is 0 Å². The molecule has 7 heteroatoms. The van der Waals surface area contributed by atoms with Crippen molar-refractivity contribution in [1.29, 1.82) is 0 Å². The third-order valence-corrected chi connectivity index (χ3v) is 3.49. The average Bonchev–Trinajstić information content (AvgIpc) is 2.60. The molecule has 0 aromatic heterocycles. The Balaban J connectivity index is 2.62. The highest BCUT2D eigenvalue weighted by Crippen LogP contribution is 2.51. The van der Waals surface area contributed by atoms with Gasteiger partial charge in [-0.05, 0) is 23.2 Å². The van der Waals surface area contributed by atoms with Gasteiger partial charge in [0, 0.05) is 0 Å². The van der Waals surface area contributed by atoms with Crippen LogP contribution in [0.2, 0.25) is 0 Å². The number of nitrogens with two attached hydrogens (primary N) is 1. The van der Waals surface area contributed by atoms with Crippen molar-refractivity contribution in [1.82, 2.24) is 0 Å². The minimum absolute atomic E-state index is 0.0439. The zero-order valence-corrected chi connectivity index (χ0v) is 8.31. The molecular formula is C8H7N3O3S. The Morgan fingerprint density at radius 2 is 2.13 bits per heavy atom. The number of fused-ring (bicyclic) bond motifs is 1. The molecule has 1 amide bonds. The van der Waals surface area contributed by atoms with Crippen LogP contribution in [0, 0.1) is 0 Å². The van der Waals surface area contributed by atoms with Gasteiger partial charge in [0.2, 0.25) is 0 Å². The van der Waals surface area contributed by atoms with Gasteiger partial charge in [0.15, 0.2) is 0 Å². The molecule has 0 fully saturated rings.